The Morgan fingerprint density at radius 2 is 2.03 bits per heavy atom. The van der Waals surface area contributed by atoms with E-state index in [1.54, 1.807) is 6.07 Å². The Bertz CT molecular complexity index is 1600. The average molecular weight is 530 g/mol. The maximum atomic E-state index is 14.2. The maximum Gasteiger partial charge on any atom is 0.219 e. The number of anilines is 1. The number of carbonyl (C=O) groups is 2. The van der Waals surface area contributed by atoms with Gasteiger partial charge in [-0.2, -0.15) is 0 Å². The van der Waals surface area contributed by atoms with Crippen LogP contribution in [0.1, 0.15) is 41.4 Å². The van der Waals surface area contributed by atoms with Crippen LogP contribution in [-0.4, -0.2) is 51.9 Å². The number of phenols is 1. The zero-order valence-electron chi connectivity index (χ0n) is 21.9. The monoisotopic (exact) mass is 529 g/mol. The molecule has 1 aromatic heterocycles. The number of hydrogen-bond donors (Lipinski definition) is 2. The van der Waals surface area contributed by atoms with Crippen molar-refractivity contribution >= 4 is 28.7 Å². The second-order valence-corrected chi connectivity index (χ2v) is 11.4. The van der Waals surface area contributed by atoms with E-state index in [1.165, 1.54) is 5.57 Å². The van der Waals surface area contributed by atoms with Crippen molar-refractivity contribution in [2.45, 2.75) is 38.1 Å². The van der Waals surface area contributed by atoms with Gasteiger partial charge in [0.25, 0.3) is 0 Å². The van der Waals surface area contributed by atoms with Gasteiger partial charge in [-0.05, 0) is 37.1 Å². The summed E-state index contributed by atoms with van der Waals surface area (Å²) in [6, 6.07) is 14.0. The second-order valence-electron chi connectivity index (χ2n) is 11.4. The van der Waals surface area contributed by atoms with Crippen LogP contribution in [0.15, 0.2) is 65.4 Å². The largest absolute Gasteiger partial charge is 1.00 e. The van der Waals surface area contributed by atoms with Crippen LogP contribution < -0.4 is 17.7 Å². The van der Waals surface area contributed by atoms with Crippen LogP contribution in [0.5, 0.6) is 5.75 Å². The highest BCUT2D eigenvalue weighted by molar-refractivity contribution is 6.10. The van der Waals surface area contributed by atoms with Crippen LogP contribution in [0.2, 0.25) is 0 Å². The molecule has 4 aliphatic rings. The molecule has 2 saturated heterocycles. The molecule has 6 nitrogen and oxygen atoms in total. The van der Waals surface area contributed by atoms with Gasteiger partial charge in [-0.15, -0.1) is 0 Å². The first kappa shape index (κ1) is 25.0. The van der Waals surface area contributed by atoms with Gasteiger partial charge in [0.2, 0.25) is 5.78 Å². The zero-order valence-corrected chi connectivity index (χ0v) is 22.7. The Labute approximate surface area is 228 Å². The lowest BCUT2D eigenvalue weighted by atomic mass is 9.61. The Balaban J connectivity index is 0.00000264. The van der Waals surface area contributed by atoms with E-state index < -0.39 is 0 Å². The van der Waals surface area contributed by atoms with E-state index in [4.69, 9.17) is 0 Å². The number of allylic oxidation sites excluding steroid dienone is 2. The summed E-state index contributed by atoms with van der Waals surface area (Å²) in [5.41, 5.74) is 7.34. The maximum absolute atomic E-state index is 14.2. The molecule has 7 heteroatoms. The molecular formula is C31H32ClN3O3. The molecule has 2 bridgehead atoms. The normalized spacial score (nSPS) is 29.6. The molecule has 4 heterocycles. The van der Waals surface area contributed by atoms with Gasteiger partial charge < -0.3 is 31.9 Å². The first-order valence-electron chi connectivity index (χ1n) is 13.2. The van der Waals surface area contributed by atoms with Crippen LogP contribution in [-0.2, 0) is 17.3 Å². The number of ketones is 1. The van der Waals surface area contributed by atoms with Crippen LogP contribution in [0.25, 0.3) is 10.9 Å². The minimum atomic E-state index is -0.381. The summed E-state index contributed by atoms with van der Waals surface area (Å²) in [4.78, 5) is 26.8. The van der Waals surface area contributed by atoms with Gasteiger partial charge in [0.15, 0.2) is 0 Å². The lowest BCUT2D eigenvalue weighted by Crippen LogP contribution is -3.00. The van der Waals surface area contributed by atoms with E-state index in [1.807, 2.05) is 32.2 Å². The lowest BCUT2D eigenvalue weighted by molar-refractivity contribution is -0.934. The summed E-state index contributed by atoms with van der Waals surface area (Å²) in [6.45, 7) is 6.17. The fourth-order valence-electron chi connectivity index (χ4n) is 8.42. The van der Waals surface area contributed by atoms with Crippen molar-refractivity contribution in [3.05, 3.63) is 82.2 Å². The number of nitrogens with zero attached hydrogens (tertiary/aromatic N) is 2. The smallest absolute Gasteiger partial charge is 0.219 e. The van der Waals surface area contributed by atoms with E-state index in [-0.39, 0.29) is 41.3 Å². The summed E-state index contributed by atoms with van der Waals surface area (Å²) in [5, 5.41) is 15.3. The van der Waals surface area contributed by atoms with Crippen molar-refractivity contribution in [1.29, 1.82) is 0 Å². The van der Waals surface area contributed by atoms with E-state index in [9.17, 15) is 14.7 Å². The molecule has 0 amide bonds. The van der Waals surface area contributed by atoms with Gasteiger partial charge >= 0.3 is 0 Å². The predicted molar refractivity (Wildman–Crippen MR) is 144 cm³/mol. The number of Topliss-reactive ketones (excluding diaryl/α,β-unsaturated/α-hetero) is 1. The quantitative estimate of drug-likeness (QED) is 0.178. The van der Waals surface area contributed by atoms with Gasteiger partial charge in [0, 0.05) is 53.7 Å². The third-order valence-electron chi connectivity index (χ3n) is 10.1. The van der Waals surface area contributed by atoms with Crippen LogP contribution in [0.4, 0.5) is 5.69 Å². The molecule has 2 fully saturated rings. The Kier molecular flexibility index (Phi) is 5.47. The van der Waals surface area contributed by atoms with E-state index in [2.05, 4.69) is 41.1 Å². The Hall–Kier alpha value is -3.35. The van der Waals surface area contributed by atoms with Crippen LogP contribution in [0, 0.1) is 12.8 Å². The van der Waals surface area contributed by atoms with Crippen molar-refractivity contribution in [3.63, 3.8) is 0 Å². The number of fused-ring (bicyclic) bond motifs is 3. The third-order valence-corrected chi connectivity index (χ3v) is 10.1. The predicted octanol–water partition coefficient (Wildman–Crippen LogP) is 1.76. The third kappa shape index (κ3) is 2.88. The van der Waals surface area contributed by atoms with Gasteiger partial charge in [0.1, 0.15) is 31.2 Å². The number of hydrogen-bond acceptors (Lipinski definition) is 4. The summed E-state index contributed by atoms with van der Waals surface area (Å²) < 4.78 is 2.82. The molecule has 1 unspecified atom stereocenters. The van der Waals surface area contributed by atoms with E-state index in [0.717, 1.165) is 76.9 Å². The van der Waals surface area contributed by atoms with Crippen molar-refractivity contribution in [2.24, 2.45) is 13.0 Å². The number of benzene rings is 2. The highest BCUT2D eigenvalue weighted by Gasteiger charge is 2.69. The minimum Gasteiger partial charge on any atom is -1.00 e. The van der Waals surface area contributed by atoms with Crippen molar-refractivity contribution in [3.8, 4) is 5.75 Å². The standard InChI is InChI=1S/C31H31N3O3.ClH/c1-4-19-15-34(16-26(37)28-18(2)33(3)24-10-6-5-8-20(24)28)13-12-31-23-9-7-11-25(36)29(23)32-30(31)22(17-35)21(19)14-27(31)34;/h4-11,17,21,27H,12-16H2,1-3H3,(H-,32,35,36);1H/b19-4-;/t21-,27-,31+,34?;/m0./s1. The number of rotatable bonds is 4. The lowest BCUT2D eigenvalue weighted by Gasteiger charge is -2.53. The first-order valence-corrected chi connectivity index (χ1v) is 13.2. The Morgan fingerprint density at radius 1 is 1.24 bits per heavy atom. The molecule has 196 valence electrons. The number of aromatic nitrogens is 1. The number of piperidine rings is 1. The molecular weight excluding hydrogens is 498 g/mol. The summed E-state index contributed by atoms with van der Waals surface area (Å²) in [6.07, 6.45) is 4.87. The zero-order chi connectivity index (χ0) is 25.7. The number of aldehydes is 1. The van der Waals surface area contributed by atoms with Gasteiger partial charge in [-0.1, -0.05) is 36.4 Å². The first-order chi connectivity index (χ1) is 17.9. The molecule has 3 aliphatic heterocycles. The highest BCUT2D eigenvalue weighted by Crippen LogP contribution is 2.64. The molecule has 1 spiro atoms. The fraction of sp³-hybridized carbons (Fsp3) is 0.355. The SMILES string of the molecule is C/C=C1/C[N+]2(CC(=O)c3c(C)n(C)c4ccccc34)CC[C@]34C(=C(C=O)[C@H]1C[C@@H]32)Nc1c(O)cccc14.[Cl-]. The fourth-order valence-corrected chi connectivity index (χ4v) is 8.42. The average Bonchev–Trinajstić information content (AvgIpc) is 3.51. The van der Waals surface area contributed by atoms with Crippen molar-refractivity contribution in [2.75, 3.05) is 25.0 Å². The number of para-hydroxylation sites is 2. The van der Waals surface area contributed by atoms with Crippen LogP contribution >= 0.6 is 0 Å². The van der Waals surface area contributed by atoms with Crippen LogP contribution in [0.3, 0.4) is 0 Å². The molecule has 2 N–H and O–H groups in total. The number of phenolic OH excluding ortho intramolecular Hbond substituents is 1. The summed E-state index contributed by atoms with van der Waals surface area (Å²) in [5.74, 6) is 0.458. The van der Waals surface area contributed by atoms with Crippen molar-refractivity contribution in [1.82, 2.24) is 4.57 Å². The number of quaternary nitrogens is 1. The highest BCUT2D eigenvalue weighted by atomic mass is 35.5. The summed E-state index contributed by atoms with van der Waals surface area (Å²) in [7, 11) is 2.03. The molecule has 38 heavy (non-hydrogen) atoms. The molecule has 1 aliphatic carbocycles. The molecule has 3 aromatic rings. The van der Waals surface area contributed by atoms with Crippen molar-refractivity contribution < 1.29 is 31.6 Å². The molecule has 0 saturated carbocycles. The summed E-state index contributed by atoms with van der Waals surface area (Å²) >= 11 is 0. The number of carbonyl (C=O) groups excluding carboxylic acids is 2. The number of aromatic hydroxyl groups is 1. The molecule has 4 atom stereocenters. The Morgan fingerprint density at radius 3 is 2.79 bits per heavy atom. The molecule has 7 rings (SSSR count). The van der Waals surface area contributed by atoms with Gasteiger partial charge in [-0.3, -0.25) is 9.59 Å². The molecule has 2 aromatic carbocycles. The molecule has 0 radical (unpaired) electrons. The number of halogens is 1. The number of nitrogens with one attached hydrogen (secondary N) is 1. The van der Waals surface area contributed by atoms with Gasteiger partial charge in [0.05, 0.1) is 23.2 Å². The van der Waals surface area contributed by atoms with E-state index >= 15 is 0 Å². The van der Waals surface area contributed by atoms with E-state index in [0.29, 0.717) is 11.0 Å². The minimum absolute atomic E-state index is 0. The number of aryl methyl sites for hydroxylation is 1. The topological polar surface area (TPSA) is 71.3 Å². The van der Waals surface area contributed by atoms with Gasteiger partial charge in [-0.25, -0.2) is 0 Å². The second kappa shape index (κ2) is 8.32.